The van der Waals surface area contributed by atoms with E-state index in [1.165, 1.54) is 13.0 Å². The Hall–Kier alpha value is -3.04. The summed E-state index contributed by atoms with van der Waals surface area (Å²) in [6.07, 6.45) is -3.26. The third-order valence-electron chi connectivity index (χ3n) is 4.36. The molecule has 16 heteroatoms. The topological polar surface area (TPSA) is 164 Å². The van der Waals surface area contributed by atoms with E-state index in [2.05, 4.69) is 9.82 Å². The summed E-state index contributed by atoms with van der Waals surface area (Å²) in [5.41, 5.74) is -3.84. The number of hydrogen-bond acceptors (Lipinski definition) is 8. The maximum atomic E-state index is 13.0. The standard InChI is InChI=1S/C19H16Cl2F2N4O7S/c1-8(7-28)26-35(32,33)14-6-10(2-3-13(14)29)34-16-11(20)4-9(5-12(16)21)27-19(31)24-18(30)15(25-27)17(22)23/h2-6,8,17,26,28-29H,7H2,1H3,(H,24,30,31)/t8-/m1/s1. The summed E-state index contributed by atoms with van der Waals surface area (Å²) >= 11 is 12.4. The predicted octanol–water partition coefficient (Wildman–Crippen LogP) is 2.32. The van der Waals surface area contributed by atoms with Crippen molar-refractivity contribution >= 4 is 33.2 Å². The maximum Gasteiger partial charge on any atom is 0.349 e. The minimum Gasteiger partial charge on any atom is -0.507 e. The van der Waals surface area contributed by atoms with Gasteiger partial charge in [0.05, 0.1) is 22.3 Å². The number of H-pyrrole nitrogens is 1. The normalized spacial score (nSPS) is 12.7. The zero-order chi connectivity index (χ0) is 26.1. The van der Waals surface area contributed by atoms with Crippen LogP contribution in [0, 0.1) is 0 Å². The Morgan fingerprint density at radius 1 is 1.20 bits per heavy atom. The van der Waals surface area contributed by atoms with Gasteiger partial charge in [0.25, 0.3) is 12.0 Å². The van der Waals surface area contributed by atoms with Crippen LogP contribution in [-0.4, -0.2) is 46.0 Å². The van der Waals surface area contributed by atoms with Crippen LogP contribution in [0.3, 0.4) is 0 Å². The molecule has 0 aliphatic carbocycles. The average molecular weight is 553 g/mol. The van der Waals surface area contributed by atoms with Crippen LogP contribution in [0.2, 0.25) is 10.0 Å². The zero-order valence-electron chi connectivity index (χ0n) is 17.5. The number of phenols is 1. The third kappa shape index (κ3) is 5.79. The van der Waals surface area contributed by atoms with Crippen LogP contribution in [0.4, 0.5) is 8.78 Å². The number of phenolic OH excluding ortho intramolecular Hbond substituents is 1. The Labute approximate surface area is 205 Å². The molecule has 0 saturated heterocycles. The van der Waals surface area contributed by atoms with E-state index in [0.29, 0.717) is 4.68 Å². The Bertz CT molecular complexity index is 1470. The number of halogens is 4. The first-order chi connectivity index (χ1) is 16.3. The van der Waals surface area contributed by atoms with Gasteiger partial charge in [0, 0.05) is 12.1 Å². The minimum atomic E-state index is -4.24. The molecule has 1 heterocycles. The molecule has 0 unspecified atom stereocenters. The Morgan fingerprint density at radius 2 is 1.83 bits per heavy atom. The lowest BCUT2D eigenvalue weighted by atomic mass is 10.3. The summed E-state index contributed by atoms with van der Waals surface area (Å²) in [4.78, 5) is 24.7. The highest BCUT2D eigenvalue weighted by molar-refractivity contribution is 7.89. The third-order valence-corrected chi connectivity index (χ3v) is 6.54. The second-order valence-corrected chi connectivity index (χ2v) is 9.53. The molecular formula is C19H16Cl2F2N4O7S. The number of sulfonamides is 1. The van der Waals surface area contributed by atoms with Crippen molar-refractivity contribution in [3.05, 3.63) is 66.9 Å². The van der Waals surface area contributed by atoms with Gasteiger partial charge in [0.2, 0.25) is 10.0 Å². The molecule has 0 aliphatic heterocycles. The Kier molecular flexibility index (Phi) is 7.81. The van der Waals surface area contributed by atoms with Crippen LogP contribution in [0.15, 0.2) is 44.8 Å². The van der Waals surface area contributed by atoms with Gasteiger partial charge in [-0.05, 0) is 31.2 Å². The molecule has 0 radical (unpaired) electrons. The van der Waals surface area contributed by atoms with E-state index in [-0.39, 0.29) is 27.2 Å². The average Bonchev–Trinajstić information content (AvgIpc) is 2.76. The summed E-state index contributed by atoms with van der Waals surface area (Å²) in [6, 6.07) is 4.58. The molecule has 11 nitrogen and oxygen atoms in total. The van der Waals surface area contributed by atoms with Gasteiger partial charge < -0.3 is 14.9 Å². The van der Waals surface area contributed by atoms with E-state index in [1.807, 2.05) is 0 Å². The van der Waals surface area contributed by atoms with Crippen LogP contribution in [-0.2, 0) is 10.0 Å². The van der Waals surface area contributed by atoms with Gasteiger partial charge in [-0.1, -0.05) is 23.2 Å². The number of aromatic hydroxyl groups is 1. The maximum absolute atomic E-state index is 13.0. The van der Waals surface area contributed by atoms with Crippen molar-refractivity contribution in [1.29, 1.82) is 0 Å². The summed E-state index contributed by atoms with van der Waals surface area (Å²) in [5, 5.41) is 22.0. The molecule has 188 valence electrons. The van der Waals surface area contributed by atoms with Gasteiger partial charge in [-0.2, -0.15) is 9.78 Å². The smallest absolute Gasteiger partial charge is 0.349 e. The lowest BCUT2D eigenvalue weighted by molar-refractivity contribution is 0.141. The molecule has 1 atom stereocenters. The largest absolute Gasteiger partial charge is 0.507 e. The van der Waals surface area contributed by atoms with Crippen LogP contribution in [0.1, 0.15) is 19.0 Å². The SMILES string of the molecule is C[C@H](CO)NS(=O)(=O)c1cc(Oc2c(Cl)cc(-n3nc(C(F)F)c(=O)[nH]c3=O)cc2Cl)ccc1O. The number of alkyl halides is 2. The fourth-order valence-electron chi connectivity index (χ4n) is 2.75. The van der Waals surface area contributed by atoms with Crippen LogP contribution >= 0.6 is 23.2 Å². The first kappa shape index (κ1) is 26.6. The van der Waals surface area contributed by atoms with E-state index in [1.54, 1.807) is 4.98 Å². The van der Waals surface area contributed by atoms with Gasteiger partial charge in [-0.15, -0.1) is 0 Å². The molecule has 0 aliphatic rings. The van der Waals surface area contributed by atoms with E-state index < -0.39 is 56.7 Å². The monoisotopic (exact) mass is 552 g/mol. The van der Waals surface area contributed by atoms with E-state index in [9.17, 15) is 31.9 Å². The number of nitrogens with one attached hydrogen (secondary N) is 2. The molecule has 0 bridgehead atoms. The fraction of sp³-hybridized carbons (Fsp3) is 0.211. The lowest BCUT2D eigenvalue weighted by Gasteiger charge is -2.15. The highest BCUT2D eigenvalue weighted by Gasteiger charge is 2.23. The number of aromatic amines is 1. The molecule has 2 aromatic carbocycles. The predicted molar refractivity (Wildman–Crippen MR) is 120 cm³/mol. The summed E-state index contributed by atoms with van der Waals surface area (Å²) < 4.78 is 59.2. The highest BCUT2D eigenvalue weighted by Crippen LogP contribution is 2.39. The molecule has 1 aromatic heterocycles. The van der Waals surface area contributed by atoms with Crippen molar-refractivity contribution in [1.82, 2.24) is 19.5 Å². The van der Waals surface area contributed by atoms with Gasteiger partial charge in [0.1, 0.15) is 16.4 Å². The Balaban J connectivity index is 2.01. The molecule has 0 saturated carbocycles. The Morgan fingerprint density at radius 3 is 2.40 bits per heavy atom. The number of aromatic nitrogens is 3. The van der Waals surface area contributed by atoms with Crippen molar-refractivity contribution in [3.8, 4) is 22.9 Å². The molecule has 0 amide bonds. The number of aliphatic hydroxyl groups is 1. The van der Waals surface area contributed by atoms with Gasteiger partial charge in [-0.25, -0.2) is 26.7 Å². The van der Waals surface area contributed by atoms with Crippen molar-refractivity contribution in [2.45, 2.75) is 24.3 Å². The summed E-state index contributed by atoms with van der Waals surface area (Å²) in [5.74, 6) is -0.911. The van der Waals surface area contributed by atoms with Crippen LogP contribution in [0.25, 0.3) is 5.69 Å². The van der Waals surface area contributed by atoms with Gasteiger partial charge in [-0.3, -0.25) is 9.78 Å². The molecule has 35 heavy (non-hydrogen) atoms. The number of hydrogen-bond donors (Lipinski definition) is 4. The van der Waals surface area contributed by atoms with Crippen molar-refractivity contribution in [3.63, 3.8) is 0 Å². The molecule has 0 fully saturated rings. The lowest BCUT2D eigenvalue weighted by Crippen LogP contribution is -2.35. The zero-order valence-corrected chi connectivity index (χ0v) is 19.8. The number of ether oxygens (including phenoxy) is 1. The molecule has 4 N–H and O–H groups in total. The number of aliphatic hydroxyl groups excluding tert-OH is 1. The number of benzene rings is 2. The first-order valence-corrected chi connectivity index (χ1v) is 11.7. The number of rotatable bonds is 8. The second-order valence-electron chi connectivity index (χ2n) is 7.03. The number of nitrogens with zero attached hydrogens (tertiary/aromatic N) is 2. The van der Waals surface area contributed by atoms with E-state index in [4.69, 9.17) is 33.0 Å². The van der Waals surface area contributed by atoms with Gasteiger partial charge >= 0.3 is 5.69 Å². The highest BCUT2D eigenvalue weighted by atomic mass is 35.5. The second kappa shape index (κ2) is 10.3. The first-order valence-electron chi connectivity index (χ1n) is 9.49. The van der Waals surface area contributed by atoms with E-state index in [0.717, 1.165) is 24.3 Å². The summed E-state index contributed by atoms with van der Waals surface area (Å²) in [7, 11) is -4.24. The van der Waals surface area contributed by atoms with Crippen molar-refractivity contribution in [2.24, 2.45) is 0 Å². The molecular weight excluding hydrogens is 537 g/mol. The quantitative estimate of drug-likeness (QED) is 0.330. The minimum absolute atomic E-state index is 0.115. The van der Waals surface area contributed by atoms with Crippen LogP contribution in [0.5, 0.6) is 17.2 Å². The molecule has 0 spiro atoms. The van der Waals surface area contributed by atoms with E-state index >= 15 is 0 Å². The molecule has 3 rings (SSSR count). The van der Waals surface area contributed by atoms with Gasteiger partial charge in [0.15, 0.2) is 11.4 Å². The van der Waals surface area contributed by atoms with Crippen molar-refractivity contribution in [2.75, 3.05) is 6.61 Å². The van der Waals surface area contributed by atoms with Crippen LogP contribution < -0.4 is 20.7 Å². The molecule has 3 aromatic rings. The summed E-state index contributed by atoms with van der Waals surface area (Å²) in [6.45, 7) is 0.919. The fourth-order valence-corrected chi connectivity index (χ4v) is 4.65. The van der Waals surface area contributed by atoms with Crippen molar-refractivity contribution < 1.29 is 32.1 Å².